The second kappa shape index (κ2) is 5.09. The molecular weight excluding hydrogens is 272 g/mol. The van der Waals surface area contributed by atoms with Gasteiger partial charge in [-0.05, 0) is 23.6 Å². The zero-order valence-electron chi connectivity index (χ0n) is 11.0. The van der Waals surface area contributed by atoms with Crippen molar-refractivity contribution in [3.05, 3.63) is 52.2 Å². The van der Waals surface area contributed by atoms with E-state index in [1.807, 2.05) is 23.6 Å². The lowest BCUT2D eigenvalue weighted by Gasteiger charge is -2.18. The molecule has 1 aromatic heterocycles. The van der Waals surface area contributed by atoms with Crippen LogP contribution in [0, 0.1) is 0 Å². The summed E-state index contributed by atoms with van der Waals surface area (Å²) in [5.41, 5.74) is 1.69. The molecule has 0 bridgehead atoms. The highest BCUT2D eigenvalue weighted by molar-refractivity contribution is 7.10. The van der Waals surface area contributed by atoms with Crippen molar-refractivity contribution >= 4 is 23.0 Å². The third-order valence-corrected chi connectivity index (χ3v) is 4.26. The first-order chi connectivity index (χ1) is 9.65. The summed E-state index contributed by atoms with van der Waals surface area (Å²) < 4.78 is 0. The molecule has 0 aliphatic carbocycles. The van der Waals surface area contributed by atoms with Gasteiger partial charge in [-0.3, -0.25) is 4.79 Å². The molecule has 1 aromatic carbocycles. The van der Waals surface area contributed by atoms with E-state index >= 15 is 0 Å². The van der Waals surface area contributed by atoms with Gasteiger partial charge in [0, 0.05) is 23.8 Å². The standard InChI is InChI=1S/C15H14N2O2S/c1-10(18)17-14(15-6-3-7-20-15)9-13(16-17)11-4-2-5-12(19)8-11/h2-8,14,19H,9H2,1H3. The maximum Gasteiger partial charge on any atom is 0.240 e. The monoisotopic (exact) mass is 286 g/mol. The number of thiophene rings is 1. The summed E-state index contributed by atoms with van der Waals surface area (Å²) in [4.78, 5) is 12.9. The van der Waals surface area contributed by atoms with E-state index in [9.17, 15) is 9.90 Å². The number of carbonyl (C=O) groups excluding carboxylic acids is 1. The molecule has 1 aliphatic heterocycles. The number of amides is 1. The Morgan fingerprint density at radius 2 is 2.25 bits per heavy atom. The number of nitrogens with zero attached hydrogens (tertiary/aromatic N) is 2. The molecular formula is C15H14N2O2S. The molecule has 0 saturated carbocycles. The summed E-state index contributed by atoms with van der Waals surface area (Å²) in [6.45, 7) is 1.52. The molecule has 1 unspecified atom stereocenters. The average molecular weight is 286 g/mol. The van der Waals surface area contributed by atoms with Crippen LogP contribution in [0.15, 0.2) is 46.9 Å². The summed E-state index contributed by atoms with van der Waals surface area (Å²) in [6, 6.07) is 10.9. The van der Waals surface area contributed by atoms with Crippen LogP contribution in [-0.4, -0.2) is 21.7 Å². The van der Waals surface area contributed by atoms with Crippen molar-refractivity contribution in [2.45, 2.75) is 19.4 Å². The molecule has 20 heavy (non-hydrogen) atoms. The highest BCUT2D eigenvalue weighted by Gasteiger charge is 2.31. The van der Waals surface area contributed by atoms with Crippen LogP contribution in [0.25, 0.3) is 0 Å². The zero-order valence-corrected chi connectivity index (χ0v) is 11.8. The maximum atomic E-state index is 11.8. The predicted octanol–water partition coefficient (Wildman–Crippen LogP) is 3.15. The summed E-state index contributed by atoms with van der Waals surface area (Å²) in [6.07, 6.45) is 0.670. The van der Waals surface area contributed by atoms with Crippen molar-refractivity contribution < 1.29 is 9.90 Å². The maximum absolute atomic E-state index is 11.8. The molecule has 1 N–H and O–H groups in total. The number of phenolic OH excluding ortho intramolecular Hbond substituents is 1. The molecule has 0 fully saturated rings. The first-order valence-electron chi connectivity index (χ1n) is 6.35. The Labute approximate surface area is 121 Å². The summed E-state index contributed by atoms with van der Waals surface area (Å²) in [5.74, 6) is 0.137. The Hall–Kier alpha value is -2.14. The van der Waals surface area contributed by atoms with Crippen LogP contribution in [0.3, 0.4) is 0 Å². The predicted molar refractivity (Wildman–Crippen MR) is 78.8 cm³/mol. The van der Waals surface area contributed by atoms with E-state index in [1.165, 1.54) is 11.9 Å². The third kappa shape index (κ3) is 2.32. The van der Waals surface area contributed by atoms with Gasteiger partial charge in [0.1, 0.15) is 5.75 Å². The van der Waals surface area contributed by atoms with Crippen molar-refractivity contribution in [2.24, 2.45) is 5.10 Å². The molecule has 2 aromatic rings. The first kappa shape index (κ1) is 12.9. The molecule has 0 radical (unpaired) electrons. The molecule has 4 nitrogen and oxygen atoms in total. The van der Waals surface area contributed by atoms with Crippen LogP contribution in [-0.2, 0) is 4.79 Å². The zero-order chi connectivity index (χ0) is 14.1. The second-order valence-corrected chi connectivity index (χ2v) is 5.68. The lowest BCUT2D eigenvalue weighted by Crippen LogP contribution is -2.23. The van der Waals surface area contributed by atoms with Crippen molar-refractivity contribution in [1.29, 1.82) is 0 Å². The minimum atomic E-state index is -0.0708. The molecule has 3 rings (SSSR count). The van der Waals surface area contributed by atoms with Gasteiger partial charge in [-0.15, -0.1) is 11.3 Å². The topological polar surface area (TPSA) is 52.9 Å². The molecule has 1 atom stereocenters. The first-order valence-corrected chi connectivity index (χ1v) is 7.23. The number of carbonyl (C=O) groups is 1. The number of phenols is 1. The quantitative estimate of drug-likeness (QED) is 0.922. The van der Waals surface area contributed by atoms with E-state index in [4.69, 9.17) is 0 Å². The fourth-order valence-corrected chi connectivity index (χ4v) is 3.17. The van der Waals surface area contributed by atoms with Crippen LogP contribution in [0.5, 0.6) is 5.75 Å². The minimum Gasteiger partial charge on any atom is -0.508 e. The van der Waals surface area contributed by atoms with E-state index in [1.54, 1.807) is 29.5 Å². The lowest BCUT2D eigenvalue weighted by atomic mass is 10.0. The Kier molecular flexibility index (Phi) is 3.28. The van der Waals surface area contributed by atoms with E-state index < -0.39 is 0 Å². The summed E-state index contributed by atoms with van der Waals surface area (Å²) >= 11 is 1.63. The van der Waals surface area contributed by atoms with Crippen molar-refractivity contribution in [3.8, 4) is 5.75 Å². The largest absolute Gasteiger partial charge is 0.508 e. The van der Waals surface area contributed by atoms with Gasteiger partial charge < -0.3 is 5.11 Å². The number of rotatable bonds is 2. The highest BCUT2D eigenvalue weighted by atomic mass is 32.1. The van der Waals surface area contributed by atoms with Crippen molar-refractivity contribution in [2.75, 3.05) is 0 Å². The molecule has 0 saturated heterocycles. The van der Waals surface area contributed by atoms with E-state index in [0.717, 1.165) is 16.2 Å². The lowest BCUT2D eigenvalue weighted by molar-refractivity contribution is -0.130. The van der Waals surface area contributed by atoms with Crippen LogP contribution in [0.2, 0.25) is 0 Å². The van der Waals surface area contributed by atoms with Crippen LogP contribution in [0.4, 0.5) is 0 Å². The van der Waals surface area contributed by atoms with Gasteiger partial charge in [0.2, 0.25) is 5.91 Å². The van der Waals surface area contributed by atoms with Crippen LogP contribution < -0.4 is 0 Å². The van der Waals surface area contributed by atoms with E-state index in [0.29, 0.717) is 6.42 Å². The number of hydrogen-bond donors (Lipinski definition) is 1. The van der Waals surface area contributed by atoms with Crippen LogP contribution in [0.1, 0.15) is 29.8 Å². The molecule has 102 valence electrons. The van der Waals surface area contributed by atoms with E-state index in [2.05, 4.69) is 5.10 Å². The van der Waals surface area contributed by atoms with Gasteiger partial charge in [0.05, 0.1) is 11.8 Å². The number of hydrogen-bond acceptors (Lipinski definition) is 4. The fraction of sp³-hybridized carbons (Fsp3) is 0.200. The summed E-state index contributed by atoms with van der Waals surface area (Å²) in [5, 5.41) is 17.5. The Balaban J connectivity index is 1.95. The Morgan fingerprint density at radius 1 is 1.40 bits per heavy atom. The molecule has 5 heteroatoms. The van der Waals surface area contributed by atoms with E-state index in [-0.39, 0.29) is 17.7 Å². The van der Waals surface area contributed by atoms with Gasteiger partial charge in [0.25, 0.3) is 0 Å². The smallest absolute Gasteiger partial charge is 0.240 e. The van der Waals surface area contributed by atoms with Gasteiger partial charge >= 0.3 is 0 Å². The van der Waals surface area contributed by atoms with Crippen molar-refractivity contribution in [3.63, 3.8) is 0 Å². The Bertz CT molecular complexity index is 664. The van der Waals surface area contributed by atoms with Gasteiger partial charge in [-0.1, -0.05) is 18.2 Å². The summed E-state index contributed by atoms with van der Waals surface area (Å²) in [7, 11) is 0. The average Bonchev–Trinajstić information content (AvgIpc) is 3.08. The molecule has 1 amide bonds. The number of hydrazone groups is 1. The van der Waals surface area contributed by atoms with Crippen LogP contribution >= 0.6 is 11.3 Å². The third-order valence-electron chi connectivity index (χ3n) is 3.28. The second-order valence-electron chi connectivity index (χ2n) is 4.70. The van der Waals surface area contributed by atoms with Crippen molar-refractivity contribution in [1.82, 2.24) is 5.01 Å². The number of benzene rings is 1. The molecule has 0 spiro atoms. The normalized spacial score (nSPS) is 18.1. The minimum absolute atomic E-state index is 0.0372. The fourth-order valence-electron chi connectivity index (χ4n) is 2.36. The van der Waals surface area contributed by atoms with Gasteiger partial charge in [-0.25, -0.2) is 5.01 Å². The van der Waals surface area contributed by atoms with Gasteiger partial charge in [-0.2, -0.15) is 5.10 Å². The number of aromatic hydroxyl groups is 1. The molecule has 1 aliphatic rings. The SMILES string of the molecule is CC(=O)N1N=C(c2cccc(O)c2)CC1c1cccs1. The highest BCUT2D eigenvalue weighted by Crippen LogP contribution is 2.35. The van der Waals surface area contributed by atoms with Gasteiger partial charge in [0.15, 0.2) is 0 Å². The Morgan fingerprint density at radius 3 is 2.90 bits per heavy atom. The molecule has 2 heterocycles.